The number of hydrogen-bond donors (Lipinski definition) is 1. The number of halogens is 3. The average molecular weight is 272 g/mol. The summed E-state index contributed by atoms with van der Waals surface area (Å²) in [6.45, 7) is 0. The van der Waals surface area contributed by atoms with Gasteiger partial charge in [-0.05, 0) is 24.3 Å². The van der Waals surface area contributed by atoms with Gasteiger partial charge in [0.05, 0.1) is 10.7 Å². The summed E-state index contributed by atoms with van der Waals surface area (Å²) in [5, 5.41) is 0.845. The molecule has 0 spiro atoms. The molecule has 0 fully saturated rings. The second-order valence-electron chi connectivity index (χ2n) is 3.36. The Labute approximate surface area is 108 Å². The molecule has 0 radical (unpaired) electrons. The lowest BCUT2D eigenvalue weighted by atomic mass is 10.3. The Hall–Kier alpha value is -1.45. The number of ether oxygens (including phenoxy) is 1. The van der Waals surface area contributed by atoms with Crippen molar-refractivity contribution in [3.63, 3.8) is 0 Å². The van der Waals surface area contributed by atoms with Crippen molar-refractivity contribution in [1.29, 1.82) is 0 Å². The highest BCUT2D eigenvalue weighted by molar-refractivity contribution is 6.34. The van der Waals surface area contributed by atoms with Crippen LogP contribution >= 0.6 is 23.2 Å². The van der Waals surface area contributed by atoms with E-state index in [4.69, 9.17) is 33.7 Å². The molecule has 0 unspecified atom stereocenters. The predicted octanol–water partition coefficient (Wildman–Crippen LogP) is 4.51. The molecule has 2 rings (SSSR count). The zero-order chi connectivity index (χ0) is 12.4. The van der Waals surface area contributed by atoms with Crippen LogP contribution in [0.4, 0.5) is 10.1 Å². The smallest absolute Gasteiger partial charge is 0.153 e. The molecule has 0 saturated heterocycles. The number of benzene rings is 2. The minimum atomic E-state index is -0.438. The zero-order valence-electron chi connectivity index (χ0n) is 8.58. The summed E-state index contributed by atoms with van der Waals surface area (Å²) in [7, 11) is 0. The summed E-state index contributed by atoms with van der Waals surface area (Å²) in [6, 6.07) is 8.62. The first kappa shape index (κ1) is 12.0. The summed E-state index contributed by atoms with van der Waals surface area (Å²) in [6.07, 6.45) is 0. The van der Waals surface area contributed by atoms with E-state index in [0.717, 1.165) is 0 Å². The Kier molecular flexibility index (Phi) is 3.41. The van der Waals surface area contributed by atoms with Crippen LogP contribution in [0.2, 0.25) is 10.0 Å². The van der Waals surface area contributed by atoms with Gasteiger partial charge in [-0.2, -0.15) is 0 Å². The maximum absolute atomic E-state index is 13.0. The zero-order valence-corrected chi connectivity index (χ0v) is 10.1. The molecule has 0 aliphatic heterocycles. The van der Waals surface area contributed by atoms with Crippen LogP contribution in [0.1, 0.15) is 0 Å². The fraction of sp³-hybridized carbons (Fsp3) is 0. The van der Waals surface area contributed by atoms with Crippen molar-refractivity contribution >= 4 is 28.9 Å². The monoisotopic (exact) mass is 271 g/mol. The molecule has 2 N–H and O–H groups in total. The van der Waals surface area contributed by atoms with E-state index in [2.05, 4.69) is 0 Å². The summed E-state index contributed by atoms with van der Waals surface area (Å²) in [4.78, 5) is 0. The quantitative estimate of drug-likeness (QED) is 0.816. The summed E-state index contributed by atoms with van der Waals surface area (Å²) < 4.78 is 18.5. The van der Waals surface area contributed by atoms with E-state index >= 15 is 0 Å². The van der Waals surface area contributed by atoms with Crippen molar-refractivity contribution in [2.24, 2.45) is 0 Å². The van der Waals surface area contributed by atoms with Crippen LogP contribution in [0, 0.1) is 5.82 Å². The van der Waals surface area contributed by atoms with Crippen LogP contribution in [-0.4, -0.2) is 0 Å². The molecule has 2 nitrogen and oxygen atoms in total. The minimum absolute atomic E-state index is 0.203. The standard InChI is InChI=1S/C12H8Cl2FNO/c13-7-1-3-9(14)11(5-7)17-12-6-8(15)2-4-10(12)16/h1-6H,16H2. The number of hydrogen-bond acceptors (Lipinski definition) is 2. The van der Waals surface area contributed by atoms with Gasteiger partial charge in [-0.15, -0.1) is 0 Å². The van der Waals surface area contributed by atoms with Gasteiger partial charge in [0.25, 0.3) is 0 Å². The van der Waals surface area contributed by atoms with Crippen LogP contribution in [0.25, 0.3) is 0 Å². The Morgan fingerprint density at radius 3 is 2.53 bits per heavy atom. The molecule has 0 saturated carbocycles. The predicted molar refractivity (Wildman–Crippen MR) is 67.3 cm³/mol. The summed E-state index contributed by atoms with van der Waals surface area (Å²) in [5.74, 6) is 0.0954. The van der Waals surface area contributed by atoms with E-state index in [9.17, 15) is 4.39 Å². The maximum atomic E-state index is 13.0. The molecule has 0 atom stereocenters. The highest BCUT2D eigenvalue weighted by Crippen LogP contribution is 2.34. The summed E-state index contributed by atoms with van der Waals surface area (Å²) in [5.41, 5.74) is 5.98. The lowest BCUT2D eigenvalue weighted by molar-refractivity contribution is 0.479. The Morgan fingerprint density at radius 1 is 1.00 bits per heavy atom. The Balaban J connectivity index is 2.37. The van der Waals surface area contributed by atoms with Gasteiger partial charge in [-0.1, -0.05) is 23.2 Å². The van der Waals surface area contributed by atoms with Crippen molar-refractivity contribution in [3.8, 4) is 11.5 Å². The van der Waals surface area contributed by atoms with Crippen molar-refractivity contribution in [1.82, 2.24) is 0 Å². The van der Waals surface area contributed by atoms with E-state index < -0.39 is 5.82 Å². The van der Waals surface area contributed by atoms with E-state index in [-0.39, 0.29) is 5.75 Å². The number of nitrogen functional groups attached to an aromatic ring is 1. The molecule has 0 aromatic heterocycles. The fourth-order valence-electron chi connectivity index (χ4n) is 1.27. The van der Waals surface area contributed by atoms with Crippen LogP contribution in [0.3, 0.4) is 0 Å². The molecule has 88 valence electrons. The SMILES string of the molecule is Nc1ccc(F)cc1Oc1cc(Cl)ccc1Cl. The third kappa shape index (κ3) is 2.81. The molecule has 5 heteroatoms. The van der Waals surface area contributed by atoms with Gasteiger partial charge < -0.3 is 10.5 Å². The third-order valence-electron chi connectivity index (χ3n) is 2.09. The van der Waals surface area contributed by atoms with Crippen molar-refractivity contribution < 1.29 is 9.13 Å². The van der Waals surface area contributed by atoms with Crippen LogP contribution in [0.15, 0.2) is 36.4 Å². The molecule has 0 amide bonds. The van der Waals surface area contributed by atoms with E-state index in [1.165, 1.54) is 24.3 Å². The van der Waals surface area contributed by atoms with Crippen LogP contribution < -0.4 is 10.5 Å². The highest BCUT2D eigenvalue weighted by atomic mass is 35.5. The molecule has 0 bridgehead atoms. The van der Waals surface area contributed by atoms with Gasteiger partial charge in [0, 0.05) is 17.2 Å². The summed E-state index contributed by atoms with van der Waals surface area (Å²) >= 11 is 11.7. The average Bonchev–Trinajstić information content (AvgIpc) is 2.28. The molecule has 2 aromatic rings. The van der Waals surface area contributed by atoms with Gasteiger partial charge in [-0.25, -0.2) is 4.39 Å². The molecular weight excluding hydrogens is 264 g/mol. The van der Waals surface area contributed by atoms with Gasteiger partial charge in [0.1, 0.15) is 11.6 Å². The highest BCUT2D eigenvalue weighted by Gasteiger charge is 2.07. The number of anilines is 1. The molecule has 0 aliphatic carbocycles. The van der Waals surface area contributed by atoms with E-state index in [1.54, 1.807) is 12.1 Å². The lowest BCUT2D eigenvalue weighted by Gasteiger charge is -2.10. The van der Waals surface area contributed by atoms with Crippen molar-refractivity contribution in [2.45, 2.75) is 0 Å². The second-order valence-corrected chi connectivity index (χ2v) is 4.20. The van der Waals surface area contributed by atoms with E-state index in [0.29, 0.717) is 21.5 Å². The first-order valence-electron chi connectivity index (χ1n) is 4.74. The number of rotatable bonds is 2. The largest absolute Gasteiger partial charge is 0.453 e. The van der Waals surface area contributed by atoms with Gasteiger partial charge in [0.2, 0.25) is 0 Å². The van der Waals surface area contributed by atoms with Crippen LogP contribution in [-0.2, 0) is 0 Å². The van der Waals surface area contributed by atoms with Crippen molar-refractivity contribution in [3.05, 3.63) is 52.3 Å². The molecular formula is C12H8Cl2FNO. The van der Waals surface area contributed by atoms with Crippen molar-refractivity contribution in [2.75, 3.05) is 5.73 Å². The molecule has 2 aromatic carbocycles. The fourth-order valence-corrected chi connectivity index (χ4v) is 1.59. The second kappa shape index (κ2) is 4.82. The maximum Gasteiger partial charge on any atom is 0.153 e. The normalized spacial score (nSPS) is 10.3. The third-order valence-corrected chi connectivity index (χ3v) is 2.64. The molecule has 17 heavy (non-hydrogen) atoms. The first-order valence-corrected chi connectivity index (χ1v) is 5.50. The van der Waals surface area contributed by atoms with Gasteiger partial charge in [0.15, 0.2) is 5.75 Å². The molecule has 0 aliphatic rings. The van der Waals surface area contributed by atoms with E-state index in [1.807, 2.05) is 0 Å². The molecule has 0 heterocycles. The Bertz CT molecular complexity index is 511. The van der Waals surface area contributed by atoms with Crippen LogP contribution in [0.5, 0.6) is 11.5 Å². The lowest BCUT2D eigenvalue weighted by Crippen LogP contribution is -1.93. The number of nitrogens with two attached hydrogens (primary N) is 1. The van der Waals surface area contributed by atoms with Gasteiger partial charge >= 0.3 is 0 Å². The topological polar surface area (TPSA) is 35.2 Å². The van der Waals surface area contributed by atoms with Gasteiger partial charge in [-0.3, -0.25) is 0 Å². The Morgan fingerprint density at radius 2 is 1.76 bits per heavy atom. The minimum Gasteiger partial charge on any atom is -0.453 e. The first-order chi connectivity index (χ1) is 8.06.